The fourth-order valence-electron chi connectivity index (χ4n) is 9.22. The summed E-state index contributed by atoms with van der Waals surface area (Å²) in [5.74, 6) is -2.59. The van der Waals surface area contributed by atoms with Gasteiger partial charge in [-0.2, -0.15) is 0 Å². The van der Waals surface area contributed by atoms with Gasteiger partial charge in [0.05, 0.1) is 64.8 Å². The fraction of sp³-hybridized carbons (Fsp3) is 0.967. The SMILES string of the molecule is CCCCCCCCCCCCCCCCOCC(COCC(COCCCCCCCCCCCCCCCC)OCC(COCCCCCCCCCCCCCCCC)OCC(=O)[O-])OCC(=O)[O-]. The second-order valence-electron chi connectivity index (χ2n) is 21.1. The lowest BCUT2D eigenvalue weighted by molar-refractivity contribution is -0.312. The van der Waals surface area contributed by atoms with Crippen LogP contribution in [0.2, 0.25) is 0 Å². The van der Waals surface area contributed by atoms with Crippen LogP contribution in [-0.4, -0.2) is 103 Å². The number of rotatable bonds is 64. The summed E-state index contributed by atoms with van der Waals surface area (Å²) < 4.78 is 41.6. The van der Waals surface area contributed by atoms with E-state index in [1.165, 1.54) is 231 Å². The van der Waals surface area contributed by atoms with E-state index in [9.17, 15) is 19.8 Å². The number of carbonyl (C=O) groups is 2. The Kier molecular flexibility index (Phi) is 59.4. The summed E-state index contributed by atoms with van der Waals surface area (Å²) in [5, 5.41) is 22.6. The van der Waals surface area contributed by atoms with Crippen molar-refractivity contribution in [1.29, 1.82) is 0 Å². The molecule has 0 aromatic rings. The van der Waals surface area contributed by atoms with Crippen LogP contribution in [0.5, 0.6) is 0 Å². The largest absolute Gasteiger partial charge is 0.548 e. The molecule has 0 fully saturated rings. The van der Waals surface area contributed by atoms with Crippen LogP contribution >= 0.6 is 0 Å². The zero-order valence-corrected chi connectivity index (χ0v) is 47.7. The molecule has 0 N–H and O–H groups in total. The average molecular weight is 1030 g/mol. The zero-order chi connectivity index (χ0) is 52.3. The van der Waals surface area contributed by atoms with Crippen LogP contribution in [-0.2, 0) is 42.7 Å². The van der Waals surface area contributed by atoms with Crippen LogP contribution in [0.4, 0.5) is 0 Å². The van der Waals surface area contributed by atoms with E-state index in [-0.39, 0.29) is 39.6 Å². The summed E-state index contributed by atoms with van der Waals surface area (Å²) in [6, 6.07) is 0. The van der Waals surface area contributed by atoms with Gasteiger partial charge in [-0.05, 0) is 19.3 Å². The minimum atomic E-state index is -1.29. The number of ether oxygens (including phenoxy) is 7. The van der Waals surface area contributed by atoms with Crippen molar-refractivity contribution < 1.29 is 53.0 Å². The first kappa shape index (κ1) is 70.7. The summed E-state index contributed by atoms with van der Waals surface area (Å²) in [5.41, 5.74) is 0. The molecule has 0 aliphatic heterocycles. The predicted molar refractivity (Wildman–Crippen MR) is 293 cm³/mol. The topological polar surface area (TPSA) is 145 Å². The third-order valence-electron chi connectivity index (χ3n) is 13.8. The highest BCUT2D eigenvalue weighted by atomic mass is 16.6. The van der Waals surface area contributed by atoms with E-state index in [2.05, 4.69) is 20.8 Å². The van der Waals surface area contributed by atoms with Gasteiger partial charge in [0.2, 0.25) is 0 Å². The number of unbranched alkanes of at least 4 members (excludes halogenated alkanes) is 39. The normalized spacial score (nSPS) is 13.0. The van der Waals surface area contributed by atoms with Crippen molar-refractivity contribution in [3.05, 3.63) is 0 Å². The standard InChI is InChI=1S/C61H120O11/c1-4-7-10-13-16-19-22-25-28-31-34-37-40-43-46-66-49-57(70-54-59(72-56-61(64)65)51-68-48-45-42-39-36-33-30-27-24-21-18-15-12-9-6-3)52-69-53-58(71-55-60(62)63)50-67-47-44-41-38-35-32-29-26-23-20-17-14-11-8-5-2/h57-59H,4-56H2,1-3H3,(H,62,63)(H,64,65)/p-2. The highest BCUT2D eigenvalue weighted by Gasteiger charge is 2.18. The Morgan fingerprint density at radius 1 is 0.264 bits per heavy atom. The first-order valence-corrected chi connectivity index (χ1v) is 31.0. The average Bonchev–Trinajstić information content (AvgIpc) is 3.37. The van der Waals surface area contributed by atoms with E-state index in [0.717, 1.165) is 38.5 Å². The van der Waals surface area contributed by atoms with Gasteiger partial charge in [-0.1, -0.05) is 271 Å². The first-order chi connectivity index (χ1) is 35.4. The number of carboxylic acid groups (broad SMARTS) is 2. The molecule has 0 aliphatic carbocycles. The maximum atomic E-state index is 11.4. The summed E-state index contributed by atoms with van der Waals surface area (Å²) in [7, 11) is 0. The van der Waals surface area contributed by atoms with E-state index in [4.69, 9.17) is 33.2 Å². The maximum absolute atomic E-state index is 11.4. The van der Waals surface area contributed by atoms with Crippen molar-refractivity contribution in [1.82, 2.24) is 0 Å². The van der Waals surface area contributed by atoms with Crippen molar-refractivity contribution in [2.24, 2.45) is 0 Å². The minimum absolute atomic E-state index is 0.0924. The summed E-state index contributed by atoms with van der Waals surface area (Å²) >= 11 is 0. The molecule has 0 rings (SSSR count). The highest BCUT2D eigenvalue weighted by molar-refractivity contribution is 5.65. The van der Waals surface area contributed by atoms with Crippen LogP contribution in [0, 0.1) is 0 Å². The molecule has 72 heavy (non-hydrogen) atoms. The lowest BCUT2D eigenvalue weighted by Gasteiger charge is -2.24. The van der Waals surface area contributed by atoms with Gasteiger partial charge in [0, 0.05) is 19.8 Å². The van der Waals surface area contributed by atoms with Gasteiger partial charge >= 0.3 is 0 Å². The van der Waals surface area contributed by atoms with Crippen molar-refractivity contribution >= 4 is 11.9 Å². The molecule has 0 aliphatic rings. The van der Waals surface area contributed by atoms with Gasteiger partial charge in [0.25, 0.3) is 0 Å². The maximum Gasteiger partial charge on any atom is 0.105 e. The predicted octanol–water partition coefficient (Wildman–Crippen LogP) is 14.2. The van der Waals surface area contributed by atoms with Crippen LogP contribution in [0.1, 0.15) is 290 Å². The number of carbonyl (C=O) groups excluding carboxylic acids is 2. The molecular formula is C61H118O11-2. The quantitative estimate of drug-likeness (QED) is 0.0537. The van der Waals surface area contributed by atoms with Crippen molar-refractivity contribution in [2.75, 3.05) is 72.7 Å². The number of hydrogen-bond acceptors (Lipinski definition) is 11. The molecule has 0 spiro atoms. The second kappa shape index (κ2) is 60.5. The third-order valence-corrected chi connectivity index (χ3v) is 13.8. The van der Waals surface area contributed by atoms with Crippen LogP contribution < -0.4 is 10.2 Å². The van der Waals surface area contributed by atoms with E-state index in [1.54, 1.807) is 0 Å². The highest BCUT2D eigenvalue weighted by Crippen LogP contribution is 2.16. The molecule has 11 heteroatoms. The molecule has 11 nitrogen and oxygen atoms in total. The molecule has 0 aromatic carbocycles. The zero-order valence-electron chi connectivity index (χ0n) is 47.7. The number of aliphatic carboxylic acids is 2. The van der Waals surface area contributed by atoms with Crippen molar-refractivity contribution in [3.63, 3.8) is 0 Å². The molecule has 0 bridgehead atoms. The summed E-state index contributed by atoms with van der Waals surface area (Å²) in [6.07, 6.45) is 52.5. The number of hydrogen-bond donors (Lipinski definition) is 0. The third kappa shape index (κ3) is 57.9. The van der Waals surface area contributed by atoms with E-state index in [1.807, 2.05) is 0 Å². The van der Waals surface area contributed by atoms with Gasteiger partial charge in [0.1, 0.15) is 18.3 Å². The van der Waals surface area contributed by atoms with Crippen molar-refractivity contribution in [3.8, 4) is 0 Å². The molecule has 0 saturated heterocycles. The Balaban J connectivity index is 4.83. The van der Waals surface area contributed by atoms with Crippen LogP contribution in [0.15, 0.2) is 0 Å². The monoisotopic (exact) mass is 1030 g/mol. The Morgan fingerprint density at radius 3 is 0.694 bits per heavy atom. The molecule has 0 amide bonds. The van der Waals surface area contributed by atoms with Gasteiger partial charge in [-0.25, -0.2) is 0 Å². The Morgan fingerprint density at radius 2 is 0.458 bits per heavy atom. The molecular weight excluding hydrogens is 909 g/mol. The van der Waals surface area contributed by atoms with Crippen molar-refractivity contribution in [2.45, 2.75) is 309 Å². The fourth-order valence-corrected chi connectivity index (χ4v) is 9.22. The Hall–Kier alpha value is -1.34. The molecule has 0 radical (unpaired) electrons. The lowest BCUT2D eigenvalue weighted by atomic mass is 10.0. The van der Waals surface area contributed by atoms with E-state index in [0.29, 0.717) is 19.8 Å². The molecule has 0 saturated carbocycles. The molecule has 430 valence electrons. The molecule has 3 atom stereocenters. The van der Waals surface area contributed by atoms with Crippen LogP contribution in [0.25, 0.3) is 0 Å². The molecule has 0 heterocycles. The summed E-state index contributed by atoms with van der Waals surface area (Å²) in [4.78, 5) is 22.6. The van der Waals surface area contributed by atoms with Gasteiger partial charge < -0.3 is 53.0 Å². The van der Waals surface area contributed by atoms with Gasteiger partial charge in [-0.15, -0.1) is 0 Å². The minimum Gasteiger partial charge on any atom is -0.548 e. The molecule has 0 aromatic heterocycles. The van der Waals surface area contributed by atoms with E-state index < -0.39 is 43.5 Å². The Bertz CT molecular complexity index is 1060. The first-order valence-electron chi connectivity index (χ1n) is 31.0. The second-order valence-corrected chi connectivity index (χ2v) is 21.1. The Labute approximate surface area is 444 Å². The molecule has 3 unspecified atom stereocenters. The smallest absolute Gasteiger partial charge is 0.105 e. The van der Waals surface area contributed by atoms with E-state index >= 15 is 0 Å². The summed E-state index contributed by atoms with van der Waals surface area (Å²) in [6.45, 7) is 8.53. The van der Waals surface area contributed by atoms with Gasteiger partial charge in [-0.3, -0.25) is 0 Å². The van der Waals surface area contributed by atoms with Crippen LogP contribution in [0.3, 0.4) is 0 Å². The number of carboxylic acids is 2. The lowest BCUT2D eigenvalue weighted by Crippen LogP contribution is -2.37. The van der Waals surface area contributed by atoms with Gasteiger partial charge in [0.15, 0.2) is 0 Å².